The first-order valence-corrected chi connectivity index (χ1v) is 8.18. The van der Waals surface area contributed by atoms with Crippen LogP contribution in [0.4, 0.5) is 17.1 Å². The number of halogens is 1. The Morgan fingerprint density at radius 3 is 1.91 bits per heavy atom. The highest BCUT2D eigenvalue weighted by Gasteiger charge is 2.11. The molecule has 1 aliphatic rings. The summed E-state index contributed by atoms with van der Waals surface area (Å²) in [5.74, 6) is 0. The fraction of sp³-hybridized carbons (Fsp3) is 0.235. The molecule has 0 spiro atoms. The van der Waals surface area contributed by atoms with E-state index in [1.807, 2.05) is 24.3 Å². The molecule has 3 nitrogen and oxygen atoms in total. The third-order valence-electron chi connectivity index (χ3n) is 3.70. The van der Waals surface area contributed by atoms with E-state index >= 15 is 0 Å². The molecule has 1 fully saturated rings. The molecule has 22 heavy (non-hydrogen) atoms. The molecule has 2 aromatic carbocycles. The Kier molecular flexibility index (Phi) is 4.80. The summed E-state index contributed by atoms with van der Waals surface area (Å²) in [5, 5.41) is 7.61. The Labute approximate surface area is 141 Å². The molecule has 1 aliphatic heterocycles. The molecule has 1 saturated heterocycles. The molecule has 0 amide bonds. The summed E-state index contributed by atoms with van der Waals surface area (Å²) in [7, 11) is 0. The topological polar surface area (TPSA) is 27.3 Å². The van der Waals surface area contributed by atoms with Gasteiger partial charge < -0.3 is 15.5 Å². The maximum absolute atomic E-state index is 5.87. The average molecular weight is 332 g/mol. The van der Waals surface area contributed by atoms with E-state index in [9.17, 15) is 0 Å². The molecular weight excluding hydrogens is 314 g/mol. The van der Waals surface area contributed by atoms with Crippen LogP contribution in [-0.2, 0) is 0 Å². The number of nitrogens with zero attached hydrogens (tertiary/aromatic N) is 1. The van der Waals surface area contributed by atoms with Crippen LogP contribution >= 0.6 is 23.8 Å². The molecule has 0 aliphatic carbocycles. The van der Waals surface area contributed by atoms with Gasteiger partial charge in [0.05, 0.1) is 0 Å². The minimum absolute atomic E-state index is 0.566. The highest BCUT2D eigenvalue weighted by molar-refractivity contribution is 7.80. The summed E-state index contributed by atoms with van der Waals surface area (Å²) in [6.45, 7) is 2.31. The molecule has 0 aromatic heterocycles. The van der Waals surface area contributed by atoms with Crippen molar-refractivity contribution in [1.82, 2.24) is 0 Å². The van der Waals surface area contributed by atoms with Gasteiger partial charge in [0.25, 0.3) is 0 Å². The zero-order valence-electron chi connectivity index (χ0n) is 12.2. The normalized spacial score (nSPS) is 14.0. The molecule has 0 bridgehead atoms. The first-order valence-electron chi connectivity index (χ1n) is 7.39. The van der Waals surface area contributed by atoms with Gasteiger partial charge in [0.1, 0.15) is 0 Å². The van der Waals surface area contributed by atoms with Crippen molar-refractivity contribution in [2.45, 2.75) is 12.8 Å². The summed E-state index contributed by atoms with van der Waals surface area (Å²) in [4.78, 5) is 2.41. The Balaban J connectivity index is 1.57. The second-order valence-corrected chi connectivity index (χ2v) is 6.17. The summed E-state index contributed by atoms with van der Waals surface area (Å²) in [5.41, 5.74) is 3.17. The molecule has 0 unspecified atom stereocenters. The summed E-state index contributed by atoms with van der Waals surface area (Å²) >= 11 is 11.2. The lowest BCUT2D eigenvalue weighted by Crippen LogP contribution is -2.19. The van der Waals surface area contributed by atoms with Crippen molar-refractivity contribution in [3.63, 3.8) is 0 Å². The van der Waals surface area contributed by atoms with Gasteiger partial charge in [-0.05, 0) is 73.6 Å². The number of hydrogen-bond acceptors (Lipinski definition) is 2. The van der Waals surface area contributed by atoms with E-state index in [1.165, 1.54) is 18.5 Å². The van der Waals surface area contributed by atoms with Gasteiger partial charge in [0.15, 0.2) is 5.11 Å². The monoisotopic (exact) mass is 331 g/mol. The Bertz CT molecular complexity index is 634. The van der Waals surface area contributed by atoms with Gasteiger partial charge in [-0.1, -0.05) is 11.6 Å². The maximum Gasteiger partial charge on any atom is 0.175 e. The number of thiocarbonyl (C=S) groups is 1. The quantitative estimate of drug-likeness (QED) is 0.794. The molecule has 0 saturated carbocycles. The van der Waals surface area contributed by atoms with E-state index in [1.54, 1.807) is 0 Å². The summed E-state index contributed by atoms with van der Waals surface area (Å²) in [6.07, 6.45) is 2.57. The van der Waals surface area contributed by atoms with E-state index in [4.69, 9.17) is 23.8 Å². The molecule has 114 valence electrons. The van der Waals surface area contributed by atoms with Crippen LogP contribution in [-0.4, -0.2) is 18.2 Å². The third-order valence-corrected chi connectivity index (χ3v) is 4.15. The van der Waals surface area contributed by atoms with Crippen molar-refractivity contribution in [2.75, 3.05) is 28.6 Å². The van der Waals surface area contributed by atoms with Crippen molar-refractivity contribution in [3.05, 3.63) is 53.6 Å². The SMILES string of the molecule is S=C(Nc1ccc(Cl)cc1)Nc1ccc(N2CCCC2)cc1. The number of nitrogens with one attached hydrogen (secondary N) is 2. The molecule has 0 radical (unpaired) electrons. The van der Waals surface area contributed by atoms with Gasteiger partial charge in [0, 0.05) is 35.2 Å². The van der Waals surface area contributed by atoms with Gasteiger partial charge in [-0.3, -0.25) is 0 Å². The zero-order chi connectivity index (χ0) is 15.4. The maximum atomic E-state index is 5.87. The number of benzene rings is 2. The first-order chi connectivity index (χ1) is 10.7. The Morgan fingerprint density at radius 1 is 0.864 bits per heavy atom. The average Bonchev–Trinajstić information content (AvgIpc) is 3.05. The molecule has 2 aromatic rings. The van der Waals surface area contributed by atoms with Gasteiger partial charge >= 0.3 is 0 Å². The van der Waals surface area contributed by atoms with Crippen LogP contribution in [0.25, 0.3) is 0 Å². The van der Waals surface area contributed by atoms with Crippen molar-refractivity contribution < 1.29 is 0 Å². The van der Waals surface area contributed by atoms with E-state index in [0.29, 0.717) is 10.1 Å². The van der Waals surface area contributed by atoms with E-state index in [-0.39, 0.29) is 0 Å². The van der Waals surface area contributed by atoms with Crippen molar-refractivity contribution >= 4 is 46.0 Å². The molecule has 1 heterocycles. The minimum Gasteiger partial charge on any atom is -0.372 e. The molecule has 0 atom stereocenters. The van der Waals surface area contributed by atoms with Crippen molar-refractivity contribution in [2.24, 2.45) is 0 Å². The smallest absolute Gasteiger partial charge is 0.175 e. The third kappa shape index (κ3) is 3.90. The summed E-state index contributed by atoms with van der Waals surface area (Å²) < 4.78 is 0. The van der Waals surface area contributed by atoms with Gasteiger partial charge in [-0.25, -0.2) is 0 Å². The van der Waals surface area contributed by atoms with Gasteiger partial charge in [-0.15, -0.1) is 0 Å². The van der Waals surface area contributed by atoms with E-state index in [2.05, 4.69) is 39.8 Å². The highest BCUT2D eigenvalue weighted by Crippen LogP contribution is 2.22. The second kappa shape index (κ2) is 6.99. The number of rotatable bonds is 3. The van der Waals surface area contributed by atoms with Gasteiger partial charge in [-0.2, -0.15) is 0 Å². The lowest BCUT2D eigenvalue weighted by Gasteiger charge is -2.18. The van der Waals surface area contributed by atoms with Crippen LogP contribution in [0.3, 0.4) is 0 Å². The van der Waals surface area contributed by atoms with Gasteiger partial charge in [0.2, 0.25) is 0 Å². The van der Waals surface area contributed by atoms with Crippen LogP contribution in [0, 0.1) is 0 Å². The highest BCUT2D eigenvalue weighted by atomic mass is 35.5. The van der Waals surface area contributed by atoms with Crippen molar-refractivity contribution in [3.8, 4) is 0 Å². The largest absolute Gasteiger partial charge is 0.372 e. The lowest BCUT2D eigenvalue weighted by atomic mass is 10.2. The van der Waals surface area contributed by atoms with Crippen LogP contribution < -0.4 is 15.5 Å². The fourth-order valence-corrected chi connectivity index (χ4v) is 2.92. The zero-order valence-corrected chi connectivity index (χ0v) is 13.8. The minimum atomic E-state index is 0.566. The van der Waals surface area contributed by atoms with Crippen LogP contribution in [0.5, 0.6) is 0 Å². The summed E-state index contributed by atoms with van der Waals surface area (Å²) in [6, 6.07) is 15.8. The Morgan fingerprint density at radius 2 is 1.36 bits per heavy atom. The van der Waals surface area contributed by atoms with Crippen LogP contribution in [0.1, 0.15) is 12.8 Å². The van der Waals surface area contributed by atoms with E-state index < -0.39 is 0 Å². The molecule has 5 heteroatoms. The molecule has 3 rings (SSSR count). The number of hydrogen-bond donors (Lipinski definition) is 2. The molecular formula is C17H18ClN3S. The predicted octanol–water partition coefficient (Wildman–Crippen LogP) is 4.75. The van der Waals surface area contributed by atoms with Crippen LogP contribution in [0.15, 0.2) is 48.5 Å². The Hall–Kier alpha value is -1.78. The number of anilines is 3. The second-order valence-electron chi connectivity index (χ2n) is 5.33. The fourth-order valence-electron chi connectivity index (χ4n) is 2.56. The lowest BCUT2D eigenvalue weighted by molar-refractivity contribution is 0.949. The van der Waals surface area contributed by atoms with E-state index in [0.717, 1.165) is 24.5 Å². The van der Waals surface area contributed by atoms with Crippen molar-refractivity contribution in [1.29, 1.82) is 0 Å². The standard InChI is InChI=1S/C17H18ClN3S/c18-13-3-5-14(6-4-13)19-17(22)20-15-7-9-16(10-8-15)21-11-1-2-12-21/h3-10H,1-2,11-12H2,(H2,19,20,22). The van der Waals surface area contributed by atoms with Crippen LogP contribution in [0.2, 0.25) is 5.02 Å². The first kappa shape index (κ1) is 15.1. The molecule has 2 N–H and O–H groups in total. The predicted molar refractivity (Wildman–Crippen MR) is 99.2 cm³/mol.